The van der Waals surface area contributed by atoms with Crippen molar-refractivity contribution in [3.05, 3.63) is 54.1 Å². The van der Waals surface area contributed by atoms with E-state index in [1.54, 1.807) is 12.2 Å². The van der Waals surface area contributed by atoms with E-state index in [1.807, 2.05) is 36.4 Å². The minimum atomic E-state index is -2.51. The number of hydrogen-bond donors (Lipinski definition) is 0. The van der Waals surface area contributed by atoms with Crippen molar-refractivity contribution in [2.75, 3.05) is 6.61 Å². The first kappa shape index (κ1) is 16.9. The molecule has 0 N–H and O–H groups in total. The SMILES string of the molecule is CCCCCCOC1(C(F)F)C=CC(c2ccccc2)=CC1. The summed E-state index contributed by atoms with van der Waals surface area (Å²) in [4.78, 5) is 0. The van der Waals surface area contributed by atoms with Crippen LogP contribution in [0.15, 0.2) is 48.6 Å². The third kappa shape index (κ3) is 4.26. The molecule has 0 heterocycles. The molecule has 0 saturated carbocycles. The van der Waals surface area contributed by atoms with E-state index in [9.17, 15) is 8.78 Å². The zero-order valence-corrected chi connectivity index (χ0v) is 13.1. The molecule has 22 heavy (non-hydrogen) atoms. The molecule has 0 fully saturated rings. The summed E-state index contributed by atoms with van der Waals surface area (Å²) in [5.74, 6) is 0. The number of ether oxygens (including phenoxy) is 1. The van der Waals surface area contributed by atoms with Gasteiger partial charge < -0.3 is 4.74 Å². The van der Waals surface area contributed by atoms with Gasteiger partial charge in [0.2, 0.25) is 0 Å². The van der Waals surface area contributed by atoms with Crippen molar-refractivity contribution in [2.45, 2.75) is 51.1 Å². The monoisotopic (exact) mass is 306 g/mol. The first-order valence-corrected chi connectivity index (χ1v) is 8.05. The van der Waals surface area contributed by atoms with E-state index in [0.29, 0.717) is 6.61 Å². The van der Waals surface area contributed by atoms with E-state index in [1.165, 1.54) is 0 Å². The third-order valence-electron chi connectivity index (χ3n) is 4.03. The van der Waals surface area contributed by atoms with Crippen LogP contribution in [0.1, 0.15) is 44.6 Å². The van der Waals surface area contributed by atoms with Crippen LogP contribution in [0.5, 0.6) is 0 Å². The molecule has 1 aliphatic carbocycles. The lowest BCUT2D eigenvalue weighted by Crippen LogP contribution is -2.39. The molecule has 0 amide bonds. The molecule has 0 aromatic heterocycles. The molecule has 0 bridgehead atoms. The number of allylic oxidation sites excluding steroid dienone is 2. The highest BCUT2D eigenvalue weighted by atomic mass is 19.3. The second kappa shape index (κ2) is 8.23. The van der Waals surface area contributed by atoms with E-state index in [4.69, 9.17) is 4.74 Å². The van der Waals surface area contributed by atoms with Gasteiger partial charge in [0.1, 0.15) is 0 Å². The molecule has 0 saturated heterocycles. The standard InChI is InChI=1S/C19H24F2O/c1-2-3-4-8-15-22-19(18(20)21)13-11-17(12-14-19)16-9-6-5-7-10-16/h5-7,9-13,18H,2-4,8,14-15H2,1H3. The van der Waals surface area contributed by atoms with E-state index in [2.05, 4.69) is 6.92 Å². The summed E-state index contributed by atoms with van der Waals surface area (Å²) >= 11 is 0. The largest absolute Gasteiger partial charge is 0.365 e. The Hall–Kier alpha value is -1.48. The zero-order valence-electron chi connectivity index (χ0n) is 13.1. The van der Waals surface area contributed by atoms with Gasteiger partial charge in [-0.2, -0.15) is 0 Å². The molecule has 0 aliphatic heterocycles. The lowest BCUT2D eigenvalue weighted by Gasteiger charge is -2.32. The molecule has 120 valence electrons. The van der Waals surface area contributed by atoms with Gasteiger partial charge in [-0.1, -0.05) is 68.7 Å². The van der Waals surface area contributed by atoms with Gasteiger partial charge in [0.15, 0.2) is 5.60 Å². The predicted molar refractivity (Wildman–Crippen MR) is 87.0 cm³/mol. The second-order valence-electron chi connectivity index (χ2n) is 5.73. The van der Waals surface area contributed by atoms with Crippen molar-refractivity contribution < 1.29 is 13.5 Å². The van der Waals surface area contributed by atoms with Crippen LogP contribution < -0.4 is 0 Å². The lowest BCUT2D eigenvalue weighted by atomic mass is 9.89. The number of benzene rings is 1. The fourth-order valence-electron chi connectivity index (χ4n) is 2.60. The predicted octanol–water partition coefficient (Wildman–Crippen LogP) is 5.63. The van der Waals surface area contributed by atoms with E-state index < -0.39 is 12.0 Å². The number of unbranched alkanes of at least 4 members (excludes halogenated alkanes) is 3. The maximum absolute atomic E-state index is 13.5. The van der Waals surface area contributed by atoms with Crippen molar-refractivity contribution in [1.29, 1.82) is 0 Å². The van der Waals surface area contributed by atoms with Gasteiger partial charge in [-0.05, 0) is 23.6 Å². The summed E-state index contributed by atoms with van der Waals surface area (Å²) in [5.41, 5.74) is 0.570. The highest BCUT2D eigenvalue weighted by molar-refractivity contribution is 5.75. The maximum Gasteiger partial charge on any atom is 0.270 e. The molecule has 1 aliphatic rings. The van der Waals surface area contributed by atoms with Crippen molar-refractivity contribution in [1.82, 2.24) is 0 Å². The van der Waals surface area contributed by atoms with Crippen molar-refractivity contribution in [3.8, 4) is 0 Å². The molecule has 0 radical (unpaired) electrons. The average Bonchev–Trinajstić information content (AvgIpc) is 2.56. The average molecular weight is 306 g/mol. The Balaban J connectivity index is 1.97. The first-order chi connectivity index (χ1) is 10.7. The number of hydrogen-bond acceptors (Lipinski definition) is 1. The first-order valence-electron chi connectivity index (χ1n) is 8.05. The fraction of sp³-hybridized carbons (Fsp3) is 0.474. The topological polar surface area (TPSA) is 9.23 Å². The maximum atomic E-state index is 13.5. The molecule has 2 rings (SSSR count). The summed E-state index contributed by atoms with van der Waals surface area (Å²) in [6, 6.07) is 9.81. The highest BCUT2D eigenvalue weighted by Crippen LogP contribution is 2.34. The molecule has 0 spiro atoms. The van der Waals surface area contributed by atoms with Gasteiger partial charge in [-0.3, -0.25) is 0 Å². The van der Waals surface area contributed by atoms with Crippen LogP contribution in [0.25, 0.3) is 5.57 Å². The summed E-state index contributed by atoms with van der Waals surface area (Å²) in [6.45, 7) is 2.52. The van der Waals surface area contributed by atoms with E-state index in [0.717, 1.165) is 36.8 Å². The Labute approximate surface area is 131 Å². The van der Waals surface area contributed by atoms with Gasteiger partial charge >= 0.3 is 0 Å². The quantitative estimate of drug-likeness (QED) is 0.565. The van der Waals surface area contributed by atoms with Crippen LogP contribution in [-0.4, -0.2) is 18.6 Å². The van der Waals surface area contributed by atoms with E-state index >= 15 is 0 Å². The van der Waals surface area contributed by atoms with Crippen LogP contribution in [0.3, 0.4) is 0 Å². The molecular formula is C19H24F2O. The van der Waals surface area contributed by atoms with Gasteiger partial charge in [0.25, 0.3) is 6.43 Å². The van der Waals surface area contributed by atoms with Crippen molar-refractivity contribution in [3.63, 3.8) is 0 Å². The Morgan fingerprint density at radius 3 is 2.50 bits per heavy atom. The van der Waals surface area contributed by atoms with Gasteiger partial charge in [-0.25, -0.2) is 8.78 Å². The Bertz CT molecular complexity index is 507. The Morgan fingerprint density at radius 2 is 1.91 bits per heavy atom. The zero-order chi connectivity index (χ0) is 15.8. The molecule has 1 nitrogen and oxygen atoms in total. The van der Waals surface area contributed by atoms with Crippen LogP contribution in [0.4, 0.5) is 8.78 Å². The Kier molecular flexibility index (Phi) is 6.32. The smallest absolute Gasteiger partial charge is 0.270 e. The molecule has 1 unspecified atom stereocenters. The summed E-state index contributed by atoms with van der Waals surface area (Å²) < 4.78 is 32.5. The lowest BCUT2D eigenvalue weighted by molar-refractivity contribution is -0.109. The van der Waals surface area contributed by atoms with Crippen LogP contribution in [0.2, 0.25) is 0 Å². The summed E-state index contributed by atoms with van der Waals surface area (Å²) in [7, 11) is 0. The molecule has 1 aromatic carbocycles. The minimum absolute atomic E-state index is 0.221. The number of halogens is 2. The second-order valence-corrected chi connectivity index (χ2v) is 5.73. The minimum Gasteiger partial charge on any atom is -0.365 e. The van der Waals surface area contributed by atoms with Gasteiger partial charge in [-0.15, -0.1) is 0 Å². The normalized spacial score (nSPS) is 21.2. The fourth-order valence-corrected chi connectivity index (χ4v) is 2.60. The highest BCUT2D eigenvalue weighted by Gasteiger charge is 2.39. The number of alkyl halides is 2. The van der Waals surface area contributed by atoms with Crippen LogP contribution >= 0.6 is 0 Å². The van der Waals surface area contributed by atoms with Gasteiger partial charge in [0, 0.05) is 13.0 Å². The summed E-state index contributed by atoms with van der Waals surface area (Å²) in [6.07, 6.45) is 6.99. The van der Waals surface area contributed by atoms with Crippen LogP contribution in [-0.2, 0) is 4.74 Å². The molecular weight excluding hydrogens is 282 g/mol. The Morgan fingerprint density at radius 1 is 1.14 bits per heavy atom. The summed E-state index contributed by atoms with van der Waals surface area (Å²) in [5, 5.41) is 0. The molecule has 1 aromatic rings. The van der Waals surface area contributed by atoms with Crippen molar-refractivity contribution >= 4 is 5.57 Å². The number of rotatable bonds is 8. The third-order valence-corrected chi connectivity index (χ3v) is 4.03. The van der Waals surface area contributed by atoms with Crippen molar-refractivity contribution in [2.24, 2.45) is 0 Å². The molecule has 3 heteroatoms. The molecule has 1 atom stereocenters. The van der Waals surface area contributed by atoms with E-state index in [-0.39, 0.29) is 6.42 Å². The van der Waals surface area contributed by atoms with Crippen LogP contribution in [0, 0.1) is 0 Å². The van der Waals surface area contributed by atoms with Gasteiger partial charge in [0.05, 0.1) is 0 Å².